The molecule has 2 fully saturated rings. The van der Waals surface area contributed by atoms with E-state index in [1.165, 1.54) is 0 Å². The molecule has 20 heavy (non-hydrogen) atoms. The van der Waals surface area contributed by atoms with Gasteiger partial charge in [-0.1, -0.05) is 0 Å². The lowest BCUT2D eigenvalue weighted by atomic mass is 9.98. The lowest BCUT2D eigenvalue weighted by Gasteiger charge is -2.33. The summed E-state index contributed by atoms with van der Waals surface area (Å²) in [6.45, 7) is 2.46. The van der Waals surface area contributed by atoms with Crippen molar-refractivity contribution in [2.75, 3.05) is 26.7 Å². The monoisotopic (exact) mass is 283 g/mol. The number of likely N-dealkylation sites (tertiary alicyclic amines) is 1. The first kappa shape index (κ1) is 15.1. The van der Waals surface area contributed by atoms with E-state index in [2.05, 4.69) is 10.6 Å². The molecule has 0 aromatic rings. The highest BCUT2D eigenvalue weighted by molar-refractivity contribution is 5.76. The third-order valence-electron chi connectivity index (χ3n) is 4.19. The minimum absolute atomic E-state index is 0.0319. The number of hydrogen-bond acceptors (Lipinski definition) is 3. The smallest absolute Gasteiger partial charge is 0.317 e. The standard InChI is InChI=1S/C14H25N3O3/c1-15-8-10-3-2-6-17(9-10)14(20)16-12(7-13(18)19)11-4-5-11/h10-12,15H,2-9H2,1H3,(H,16,20)(H,18,19). The molecule has 2 amide bonds. The number of carbonyl (C=O) groups excluding carboxylic acids is 1. The van der Waals surface area contributed by atoms with Gasteiger partial charge in [-0.05, 0) is 51.1 Å². The normalized spacial score (nSPS) is 24.2. The maximum Gasteiger partial charge on any atom is 0.317 e. The molecule has 2 rings (SSSR count). The van der Waals surface area contributed by atoms with Gasteiger partial charge < -0.3 is 20.6 Å². The Labute approximate surface area is 119 Å². The van der Waals surface area contributed by atoms with Crippen molar-refractivity contribution in [3.8, 4) is 0 Å². The van der Waals surface area contributed by atoms with Crippen LogP contribution in [0.15, 0.2) is 0 Å². The number of rotatable bonds is 6. The molecule has 2 atom stereocenters. The van der Waals surface area contributed by atoms with Gasteiger partial charge in [0, 0.05) is 19.1 Å². The van der Waals surface area contributed by atoms with E-state index in [0.29, 0.717) is 11.8 Å². The molecular weight excluding hydrogens is 258 g/mol. The van der Waals surface area contributed by atoms with E-state index in [1.807, 2.05) is 11.9 Å². The highest BCUT2D eigenvalue weighted by atomic mass is 16.4. The van der Waals surface area contributed by atoms with Crippen molar-refractivity contribution in [1.82, 2.24) is 15.5 Å². The molecule has 0 spiro atoms. The number of carboxylic acid groups (broad SMARTS) is 1. The summed E-state index contributed by atoms with van der Waals surface area (Å²) in [5, 5.41) is 15.0. The number of nitrogens with one attached hydrogen (secondary N) is 2. The maximum absolute atomic E-state index is 12.3. The molecule has 0 aromatic carbocycles. The third kappa shape index (κ3) is 4.37. The van der Waals surface area contributed by atoms with Crippen molar-refractivity contribution in [2.45, 2.75) is 38.1 Å². The summed E-state index contributed by atoms with van der Waals surface area (Å²) in [4.78, 5) is 25.0. The number of aliphatic carboxylic acids is 1. The number of carbonyl (C=O) groups is 2. The molecule has 1 saturated carbocycles. The van der Waals surface area contributed by atoms with Gasteiger partial charge in [0.1, 0.15) is 0 Å². The fourth-order valence-electron chi connectivity index (χ4n) is 2.98. The molecule has 1 heterocycles. The molecule has 2 unspecified atom stereocenters. The first-order chi connectivity index (χ1) is 9.60. The maximum atomic E-state index is 12.3. The minimum Gasteiger partial charge on any atom is -0.481 e. The van der Waals surface area contributed by atoms with Gasteiger partial charge in [-0.15, -0.1) is 0 Å². The van der Waals surface area contributed by atoms with Gasteiger partial charge in [0.05, 0.1) is 6.42 Å². The van der Waals surface area contributed by atoms with Crippen molar-refractivity contribution >= 4 is 12.0 Å². The van der Waals surface area contributed by atoms with Crippen LogP contribution >= 0.6 is 0 Å². The molecule has 6 heteroatoms. The van der Waals surface area contributed by atoms with Gasteiger partial charge >= 0.3 is 12.0 Å². The van der Waals surface area contributed by atoms with Crippen LogP contribution in [-0.4, -0.2) is 54.7 Å². The zero-order chi connectivity index (χ0) is 14.5. The average molecular weight is 283 g/mol. The van der Waals surface area contributed by atoms with Gasteiger partial charge in [0.15, 0.2) is 0 Å². The van der Waals surface area contributed by atoms with E-state index in [9.17, 15) is 9.59 Å². The van der Waals surface area contributed by atoms with Crippen LogP contribution in [0.25, 0.3) is 0 Å². The summed E-state index contributed by atoms with van der Waals surface area (Å²) >= 11 is 0. The Bertz CT molecular complexity index is 356. The second-order valence-corrected chi connectivity index (χ2v) is 6.00. The van der Waals surface area contributed by atoms with Gasteiger partial charge in [-0.2, -0.15) is 0 Å². The molecule has 114 valence electrons. The fourth-order valence-corrected chi connectivity index (χ4v) is 2.98. The highest BCUT2D eigenvalue weighted by Gasteiger charge is 2.35. The lowest BCUT2D eigenvalue weighted by molar-refractivity contribution is -0.137. The van der Waals surface area contributed by atoms with Gasteiger partial charge in [-0.25, -0.2) is 4.79 Å². The van der Waals surface area contributed by atoms with E-state index in [4.69, 9.17) is 5.11 Å². The van der Waals surface area contributed by atoms with E-state index in [-0.39, 0.29) is 18.5 Å². The van der Waals surface area contributed by atoms with Crippen LogP contribution in [0.4, 0.5) is 4.79 Å². The summed E-state index contributed by atoms with van der Waals surface area (Å²) in [6, 6.07) is -0.298. The number of carboxylic acids is 1. The molecule has 1 saturated heterocycles. The number of hydrogen-bond donors (Lipinski definition) is 3. The molecule has 3 N–H and O–H groups in total. The Morgan fingerprint density at radius 3 is 2.70 bits per heavy atom. The van der Waals surface area contributed by atoms with Crippen molar-refractivity contribution in [3.63, 3.8) is 0 Å². The lowest BCUT2D eigenvalue weighted by Crippen LogP contribution is -2.50. The van der Waals surface area contributed by atoms with Crippen molar-refractivity contribution in [1.29, 1.82) is 0 Å². The average Bonchev–Trinajstić information content (AvgIpc) is 3.22. The molecule has 0 radical (unpaired) electrons. The van der Waals surface area contributed by atoms with Crippen molar-refractivity contribution < 1.29 is 14.7 Å². The van der Waals surface area contributed by atoms with Gasteiger partial charge in [-0.3, -0.25) is 4.79 Å². The fraction of sp³-hybridized carbons (Fsp3) is 0.857. The Kier molecular flexibility index (Phi) is 5.23. The Morgan fingerprint density at radius 1 is 1.35 bits per heavy atom. The predicted octanol–water partition coefficient (Wildman–Crippen LogP) is 0.881. The quantitative estimate of drug-likeness (QED) is 0.676. The van der Waals surface area contributed by atoms with Gasteiger partial charge in [0.25, 0.3) is 0 Å². The molecule has 0 aromatic heterocycles. The zero-order valence-corrected chi connectivity index (χ0v) is 12.1. The summed E-state index contributed by atoms with van der Waals surface area (Å²) < 4.78 is 0. The SMILES string of the molecule is CNCC1CCCN(C(=O)NC(CC(=O)O)C2CC2)C1. The Morgan fingerprint density at radius 2 is 2.10 bits per heavy atom. The van der Waals surface area contributed by atoms with E-state index in [1.54, 1.807) is 0 Å². The zero-order valence-electron chi connectivity index (χ0n) is 12.1. The van der Waals surface area contributed by atoms with Crippen molar-refractivity contribution in [3.05, 3.63) is 0 Å². The summed E-state index contributed by atoms with van der Waals surface area (Å²) in [5.74, 6) is 0.0141. The Balaban J connectivity index is 1.84. The highest BCUT2D eigenvalue weighted by Crippen LogP contribution is 2.34. The van der Waals surface area contributed by atoms with Gasteiger partial charge in [0.2, 0.25) is 0 Å². The molecule has 6 nitrogen and oxygen atoms in total. The van der Waals surface area contributed by atoms with Crippen LogP contribution in [-0.2, 0) is 4.79 Å². The number of urea groups is 1. The molecule has 1 aliphatic carbocycles. The van der Waals surface area contributed by atoms with Crippen LogP contribution in [0.1, 0.15) is 32.1 Å². The second-order valence-electron chi connectivity index (χ2n) is 6.00. The summed E-state index contributed by atoms with van der Waals surface area (Å²) in [7, 11) is 1.93. The summed E-state index contributed by atoms with van der Waals surface area (Å²) in [5.41, 5.74) is 0. The number of piperidine rings is 1. The van der Waals surface area contributed by atoms with Crippen LogP contribution < -0.4 is 10.6 Å². The number of amides is 2. The molecular formula is C14H25N3O3. The molecule has 2 aliphatic rings. The number of nitrogens with zero attached hydrogens (tertiary/aromatic N) is 1. The Hall–Kier alpha value is -1.30. The molecule has 0 bridgehead atoms. The topological polar surface area (TPSA) is 81.7 Å². The first-order valence-electron chi connectivity index (χ1n) is 7.52. The van der Waals surface area contributed by atoms with E-state index in [0.717, 1.165) is 45.3 Å². The molecule has 1 aliphatic heterocycles. The van der Waals surface area contributed by atoms with E-state index >= 15 is 0 Å². The summed E-state index contributed by atoms with van der Waals surface area (Å²) in [6.07, 6.45) is 4.25. The van der Waals surface area contributed by atoms with E-state index < -0.39 is 5.97 Å². The van der Waals surface area contributed by atoms with Crippen LogP contribution in [0, 0.1) is 11.8 Å². The van der Waals surface area contributed by atoms with Crippen LogP contribution in [0.3, 0.4) is 0 Å². The van der Waals surface area contributed by atoms with Crippen LogP contribution in [0.5, 0.6) is 0 Å². The first-order valence-corrected chi connectivity index (χ1v) is 7.52. The third-order valence-corrected chi connectivity index (χ3v) is 4.19. The van der Waals surface area contributed by atoms with Crippen molar-refractivity contribution in [2.24, 2.45) is 11.8 Å². The second kappa shape index (κ2) is 6.92. The van der Waals surface area contributed by atoms with Crippen LogP contribution in [0.2, 0.25) is 0 Å². The predicted molar refractivity (Wildman–Crippen MR) is 75.5 cm³/mol. The largest absolute Gasteiger partial charge is 0.481 e. The minimum atomic E-state index is -0.839.